The highest BCUT2D eigenvalue weighted by Gasteiger charge is 2.32. The lowest BCUT2D eigenvalue weighted by atomic mass is 10.1. The minimum Gasteiger partial charge on any atom is -0.333 e. The molecule has 144 valence electrons. The van der Waals surface area contributed by atoms with Gasteiger partial charge in [0.15, 0.2) is 5.17 Å². The van der Waals surface area contributed by atoms with Crippen LogP contribution in [0.3, 0.4) is 0 Å². The van der Waals surface area contributed by atoms with Gasteiger partial charge in [0.05, 0.1) is 6.04 Å². The SMILES string of the molecule is Br.CCc1ccc(N(C=O)C2CSC(=NC3CCCCCC3)N2C)cc1. The number of hydrogen-bond donors (Lipinski definition) is 0. The van der Waals surface area contributed by atoms with Gasteiger partial charge < -0.3 is 4.90 Å². The van der Waals surface area contributed by atoms with Gasteiger partial charge in [-0.2, -0.15) is 0 Å². The predicted molar refractivity (Wildman–Crippen MR) is 118 cm³/mol. The van der Waals surface area contributed by atoms with Gasteiger partial charge in [-0.15, -0.1) is 17.0 Å². The molecule has 1 heterocycles. The first-order valence-corrected chi connectivity index (χ1v) is 10.5. The number of benzene rings is 1. The highest BCUT2D eigenvalue weighted by atomic mass is 79.9. The third-order valence-electron chi connectivity index (χ3n) is 5.31. The molecule has 3 rings (SSSR count). The highest BCUT2D eigenvalue weighted by Crippen LogP contribution is 2.30. The van der Waals surface area contributed by atoms with Crippen molar-refractivity contribution in [1.29, 1.82) is 0 Å². The molecule has 1 saturated carbocycles. The average Bonchev–Trinajstić information content (AvgIpc) is 2.85. The summed E-state index contributed by atoms with van der Waals surface area (Å²) in [5, 5.41) is 1.09. The maximum atomic E-state index is 11.8. The van der Waals surface area contributed by atoms with Crippen molar-refractivity contribution < 1.29 is 4.79 Å². The first kappa shape index (κ1) is 21.3. The monoisotopic (exact) mass is 439 g/mol. The molecule has 1 atom stereocenters. The molecule has 1 saturated heterocycles. The first-order chi connectivity index (χ1) is 12.2. The molecular weight excluding hydrogens is 410 g/mol. The van der Waals surface area contributed by atoms with E-state index in [9.17, 15) is 4.79 Å². The summed E-state index contributed by atoms with van der Waals surface area (Å²) in [4.78, 5) is 20.8. The molecule has 1 amide bonds. The van der Waals surface area contributed by atoms with Gasteiger partial charge in [0.1, 0.15) is 6.17 Å². The number of anilines is 1. The molecule has 0 spiro atoms. The van der Waals surface area contributed by atoms with Gasteiger partial charge in [-0.3, -0.25) is 14.7 Å². The minimum absolute atomic E-state index is 0. The van der Waals surface area contributed by atoms with Crippen molar-refractivity contribution in [3.05, 3.63) is 29.8 Å². The van der Waals surface area contributed by atoms with Crippen molar-refractivity contribution >= 4 is 46.0 Å². The lowest BCUT2D eigenvalue weighted by Crippen LogP contribution is -2.45. The summed E-state index contributed by atoms with van der Waals surface area (Å²) in [6, 6.07) is 8.76. The fourth-order valence-corrected chi connectivity index (χ4v) is 4.87. The Balaban J connectivity index is 0.00000243. The predicted octanol–water partition coefficient (Wildman–Crippen LogP) is 4.87. The van der Waals surface area contributed by atoms with E-state index >= 15 is 0 Å². The van der Waals surface area contributed by atoms with E-state index in [-0.39, 0.29) is 23.1 Å². The molecule has 2 fully saturated rings. The number of aliphatic imine (C=N–C) groups is 1. The fraction of sp³-hybridized carbons (Fsp3) is 0.600. The standard InChI is InChI=1S/C20H29N3OS.BrH/c1-3-16-10-12-18(13-11-16)23(15-24)19-14-25-20(22(19)2)21-17-8-6-4-5-7-9-17;/h10-13,15,17,19H,3-9,14H2,1-2H3;1H. The van der Waals surface area contributed by atoms with Crippen LogP contribution < -0.4 is 4.90 Å². The second-order valence-corrected chi connectivity index (χ2v) is 7.98. The molecular formula is C20H30BrN3OS. The Morgan fingerprint density at radius 1 is 1.19 bits per heavy atom. The number of aryl methyl sites for hydroxylation is 1. The summed E-state index contributed by atoms with van der Waals surface area (Å²) in [5.74, 6) is 0.871. The number of carbonyl (C=O) groups is 1. The zero-order valence-electron chi connectivity index (χ0n) is 15.8. The summed E-state index contributed by atoms with van der Waals surface area (Å²) < 4.78 is 0. The highest BCUT2D eigenvalue weighted by molar-refractivity contribution is 8.93. The number of nitrogens with zero attached hydrogens (tertiary/aromatic N) is 3. The van der Waals surface area contributed by atoms with Crippen LogP contribution >= 0.6 is 28.7 Å². The van der Waals surface area contributed by atoms with Crippen LogP contribution in [0.1, 0.15) is 51.0 Å². The normalized spacial score (nSPS) is 22.8. The molecule has 0 aromatic heterocycles. The number of rotatable bonds is 5. The van der Waals surface area contributed by atoms with Crippen LogP contribution in [0.25, 0.3) is 0 Å². The molecule has 1 aromatic carbocycles. The van der Waals surface area contributed by atoms with Crippen molar-refractivity contribution in [2.24, 2.45) is 4.99 Å². The first-order valence-electron chi connectivity index (χ1n) is 9.49. The van der Waals surface area contributed by atoms with Crippen LogP contribution in [0.5, 0.6) is 0 Å². The van der Waals surface area contributed by atoms with Gasteiger partial charge in [-0.25, -0.2) is 0 Å². The van der Waals surface area contributed by atoms with Crippen molar-refractivity contribution in [3.8, 4) is 0 Å². The Hall–Kier alpha value is -1.01. The van der Waals surface area contributed by atoms with E-state index in [1.54, 1.807) is 11.8 Å². The Labute approximate surface area is 172 Å². The fourth-order valence-electron chi connectivity index (χ4n) is 3.64. The lowest BCUT2D eigenvalue weighted by molar-refractivity contribution is -0.108. The summed E-state index contributed by atoms with van der Waals surface area (Å²) in [6.07, 6.45) is 9.71. The Kier molecular flexibility index (Phi) is 8.48. The van der Waals surface area contributed by atoms with Gasteiger partial charge >= 0.3 is 0 Å². The van der Waals surface area contributed by atoms with E-state index in [1.165, 1.54) is 44.1 Å². The smallest absolute Gasteiger partial charge is 0.215 e. The molecule has 2 aliphatic rings. The summed E-state index contributed by atoms with van der Waals surface area (Å²) in [5.41, 5.74) is 2.25. The number of hydrogen-bond acceptors (Lipinski definition) is 3. The maximum absolute atomic E-state index is 11.8. The quantitative estimate of drug-likeness (QED) is 0.484. The molecule has 4 nitrogen and oxygen atoms in total. The Morgan fingerprint density at radius 2 is 1.85 bits per heavy atom. The van der Waals surface area contributed by atoms with Crippen LogP contribution in [0, 0.1) is 0 Å². The number of thioether (sulfide) groups is 1. The van der Waals surface area contributed by atoms with Crippen molar-refractivity contribution in [3.63, 3.8) is 0 Å². The lowest BCUT2D eigenvalue weighted by Gasteiger charge is -2.30. The number of amides is 1. The molecule has 6 heteroatoms. The van der Waals surface area contributed by atoms with Crippen LogP contribution in [0.15, 0.2) is 29.3 Å². The number of carbonyl (C=O) groups excluding carboxylic acids is 1. The van der Waals surface area contributed by atoms with Gasteiger partial charge in [-0.1, -0.05) is 56.5 Å². The molecule has 0 radical (unpaired) electrons. The molecule has 26 heavy (non-hydrogen) atoms. The molecule has 1 aliphatic carbocycles. The molecule has 0 N–H and O–H groups in total. The molecule has 1 aromatic rings. The summed E-state index contributed by atoms with van der Waals surface area (Å²) in [6.45, 7) is 2.14. The van der Waals surface area contributed by atoms with Crippen molar-refractivity contribution in [1.82, 2.24) is 4.90 Å². The van der Waals surface area contributed by atoms with Crippen LogP contribution in [0.4, 0.5) is 5.69 Å². The number of halogens is 1. The minimum atomic E-state index is 0. The third kappa shape index (κ3) is 5.03. The van der Waals surface area contributed by atoms with Gasteiger partial charge in [0.2, 0.25) is 6.41 Å². The van der Waals surface area contributed by atoms with Gasteiger partial charge in [-0.05, 0) is 37.0 Å². The van der Waals surface area contributed by atoms with E-state index in [4.69, 9.17) is 4.99 Å². The van der Waals surface area contributed by atoms with Crippen molar-refractivity contribution in [2.75, 3.05) is 17.7 Å². The Morgan fingerprint density at radius 3 is 2.42 bits per heavy atom. The van der Waals surface area contributed by atoms with E-state index in [1.807, 2.05) is 17.0 Å². The second-order valence-electron chi connectivity index (χ2n) is 6.99. The molecule has 1 unspecified atom stereocenters. The van der Waals surface area contributed by atoms with E-state index < -0.39 is 0 Å². The van der Waals surface area contributed by atoms with Crippen LogP contribution in [-0.2, 0) is 11.2 Å². The summed E-state index contributed by atoms with van der Waals surface area (Å²) in [7, 11) is 2.07. The summed E-state index contributed by atoms with van der Waals surface area (Å²) >= 11 is 1.78. The number of amidine groups is 1. The molecule has 0 bridgehead atoms. The van der Waals surface area contributed by atoms with Crippen LogP contribution in [0.2, 0.25) is 0 Å². The zero-order valence-corrected chi connectivity index (χ0v) is 18.3. The molecule has 1 aliphatic heterocycles. The van der Waals surface area contributed by atoms with Crippen LogP contribution in [-0.4, -0.2) is 41.5 Å². The topological polar surface area (TPSA) is 35.9 Å². The zero-order chi connectivity index (χ0) is 17.6. The largest absolute Gasteiger partial charge is 0.333 e. The van der Waals surface area contributed by atoms with Gasteiger partial charge in [0, 0.05) is 18.5 Å². The van der Waals surface area contributed by atoms with Gasteiger partial charge in [0.25, 0.3) is 0 Å². The maximum Gasteiger partial charge on any atom is 0.215 e. The Bertz CT molecular complexity index is 600. The third-order valence-corrected chi connectivity index (χ3v) is 6.42. The van der Waals surface area contributed by atoms with E-state index in [0.29, 0.717) is 6.04 Å². The van der Waals surface area contributed by atoms with E-state index in [2.05, 4.69) is 31.0 Å². The second kappa shape index (κ2) is 10.4. The van der Waals surface area contributed by atoms with E-state index in [0.717, 1.165) is 29.4 Å². The van der Waals surface area contributed by atoms with Crippen molar-refractivity contribution in [2.45, 2.75) is 64.1 Å². The average molecular weight is 440 g/mol.